The summed E-state index contributed by atoms with van der Waals surface area (Å²) < 4.78 is 58.8. The number of rotatable bonds is 10. The zero-order valence-corrected chi connectivity index (χ0v) is 19.4. The first-order valence-corrected chi connectivity index (χ1v) is 11.9. The van der Waals surface area contributed by atoms with Gasteiger partial charge < -0.3 is 10.1 Å². The van der Waals surface area contributed by atoms with Crippen LogP contribution < -0.4 is 5.32 Å². The van der Waals surface area contributed by atoms with E-state index in [1.54, 1.807) is 32.0 Å². The predicted octanol–water partition coefficient (Wildman–Crippen LogP) is 2.94. The van der Waals surface area contributed by atoms with E-state index >= 15 is 0 Å². The van der Waals surface area contributed by atoms with Crippen LogP contribution in [0.4, 0.5) is 8.78 Å². The molecule has 0 unspecified atom stereocenters. The molecule has 3 rings (SSSR count). The van der Waals surface area contributed by atoms with E-state index in [9.17, 15) is 26.8 Å². The predicted molar refractivity (Wildman–Crippen MR) is 120 cm³/mol. The summed E-state index contributed by atoms with van der Waals surface area (Å²) in [6.07, 6.45) is 0. The number of fused-ring (bicyclic) bond motifs is 1. The molecule has 0 saturated carbocycles. The second-order valence-electron chi connectivity index (χ2n) is 7.12. The van der Waals surface area contributed by atoms with Crippen LogP contribution in [0.3, 0.4) is 0 Å². The first-order chi connectivity index (χ1) is 16.2. The highest BCUT2D eigenvalue weighted by Gasteiger charge is 2.22. The number of esters is 1. The molecule has 1 N–H and O–H groups in total. The van der Waals surface area contributed by atoms with Crippen molar-refractivity contribution in [2.45, 2.75) is 31.9 Å². The Morgan fingerprint density at radius 1 is 1.09 bits per heavy atom. The van der Waals surface area contributed by atoms with Gasteiger partial charge in [-0.15, -0.1) is 0 Å². The minimum Gasteiger partial charge on any atom is -0.456 e. The van der Waals surface area contributed by atoms with Crippen LogP contribution in [-0.4, -0.2) is 53.8 Å². The molecule has 2 aromatic carbocycles. The Labute approximate surface area is 195 Å². The van der Waals surface area contributed by atoms with Crippen molar-refractivity contribution in [2.75, 3.05) is 19.6 Å². The fourth-order valence-corrected chi connectivity index (χ4v) is 4.81. The third-order valence-electron chi connectivity index (χ3n) is 5.08. The van der Waals surface area contributed by atoms with Crippen molar-refractivity contribution in [1.29, 1.82) is 0 Å². The Balaban J connectivity index is 1.58. The standard InChI is InChI=1S/C22H24F2N4O5S/c1-3-27(4-2)34(31,32)16-11-9-15(10-12-16)21(30)25-13-20(29)33-14-19-26-17-7-5-6-8-18(17)28(19)22(23)24/h5-12,22H,3-4,13-14H2,1-2H3,(H,25,30). The number of ether oxygens (including phenoxy) is 1. The molecule has 0 aliphatic carbocycles. The van der Waals surface area contributed by atoms with Gasteiger partial charge in [-0.2, -0.15) is 13.1 Å². The highest BCUT2D eigenvalue weighted by atomic mass is 32.2. The molecule has 1 aromatic heterocycles. The highest BCUT2D eigenvalue weighted by molar-refractivity contribution is 7.89. The number of halogens is 2. The zero-order chi connectivity index (χ0) is 24.9. The van der Waals surface area contributed by atoms with Gasteiger partial charge >= 0.3 is 12.5 Å². The fraction of sp³-hybridized carbons (Fsp3) is 0.318. The van der Waals surface area contributed by atoms with Gasteiger partial charge in [0.05, 0.1) is 15.9 Å². The Morgan fingerprint density at radius 3 is 2.35 bits per heavy atom. The lowest BCUT2D eigenvalue weighted by Crippen LogP contribution is -2.31. The molecule has 1 heterocycles. The minimum absolute atomic E-state index is 0.0501. The molecular formula is C22H24F2N4O5S. The van der Waals surface area contributed by atoms with Crippen molar-refractivity contribution < 1.29 is 31.5 Å². The summed E-state index contributed by atoms with van der Waals surface area (Å²) >= 11 is 0. The number of hydrogen-bond acceptors (Lipinski definition) is 6. The highest BCUT2D eigenvalue weighted by Crippen LogP contribution is 2.23. The van der Waals surface area contributed by atoms with Crippen LogP contribution in [0.2, 0.25) is 0 Å². The third kappa shape index (κ3) is 5.39. The number of nitrogens with zero attached hydrogens (tertiary/aromatic N) is 3. The SMILES string of the molecule is CCN(CC)S(=O)(=O)c1ccc(C(=O)NCC(=O)OCc2nc3ccccc3n2C(F)F)cc1. The number of carbonyl (C=O) groups is 2. The number of benzene rings is 2. The van der Waals surface area contributed by atoms with E-state index in [0.717, 1.165) is 0 Å². The molecule has 1 amide bonds. The molecule has 3 aromatic rings. The molecule has 0 aliphatic rings. The second-order valence-corrected chi connectivity index (χ2v) is 9.06. The normalized spacial score (nSPS) is 11.8. The van der Waals surface area contributed by atoms with Crippen molar-refractivity contribution in [3.05, 3.63) is 59.9 Å². The number of sulfonamides is 1. The summed E-state index contributed by atoms with van der Waals surface area (Å²) in [6.45, 7) is 0.220. The Morgan fingerprint density at radius 2 is 1.74 bits per heavy atom. The number of amides is 1. The van der Waals surface area contributed by atoms with Crippen LogP contribution in [0.5, 0.6) is 0 Å². The van der Waals surface area contributed by atoms with Crippen molar-refractivity contribution in [1.82, 2.24) is 19.2 Å². The summed E-state index contributed by atoms with van der Waals surface area (Å²) in [5.41, 5.74) is 0.697. The zero-order valence-electron chi connectivity index (χ0n) is 18.6. The molecule has 182 valence electrons. The van der Waals surface area contributed by atoms with Gasteiger partial charge in [0.25, 0.3) is 5.91 Å². The van der Waals surface area contributed by atoms with Gasteiger partial charge in [0.15, 0.2) is 5.82 Å². The van der Waals surface area contributed by atoms with Crippen LogP contribution in [0.15, 0.2) is 53.4 Å². The smallest absolute Gasteiger partial charge is 0.325 e. The summed E-state index contributed by atoms with van der Waals surface area (Å²) in [4.78, 5) is 28.4. The summed E-state index contributed by atoms with van der Waals surface area (Å²) in [6, 6.07) is 11.6. The van der Waals surface area contributed by atoms with E-state index < -0.39 is 41.6 Å². The molecule has 0 bridgehead atoms. The Bertz CT molecular complexity index is 1270. The van der Waals surface area contributed by atoms with E-state index in [-0.39, 0.29) is 21.8 Å². The van der Waals surface area contributed by atoms with Gasteiger partial charge in [-0.25, -0.2) is 13.4 Å². The molecule has 0 fully saturated rings. The maximum absolute atomic E-state index is 13.4. The third-order valence-corrected chi connectivity index (χ3v) is 7.14. The molecule has 0 saturated heterocycles. The second kappa shape index (κ2) is 10.7. The molecule has 34 heavy (non-hydrogen) atoms. The summed E-state index contributed by atoms with van der Waals surface area (Å²) in [7, 11) is -3.66. The van der Waals surface area contributed by atoms with Crippen LogP contribution >= 0.6 is 0 Å². The molecule has 0 radical (unpaired) electrons. The van der Waals surface area contributed by atoms with Crippen LogP contribution in [0, 0.1) is 0 Å². The molecule has 0 spiro atoms. The van der Waals surface area contributed by atoms with Crippen LogP contribution in [0.1, 0.15) is 36.6 Å². The molecule has 12 heteroatoms. The number of aromatic nitrogens is 2. The first-order valence-electron chi connectivity index (χ1n) is 10.5. The number of nitrogens with one attached hydrogen (secondary N) is 1. The quantitative estimate of drug-likeness (QED) is 0.434. The van der Waals surface area contributed by atoms with E-state index in [2.05, 4.69) is 10.3 Å². The van der Waals surface area contributed by atoms with E-state index in [4.69, 9.17) is 4.74 Å². The van der Waals surface area contributed by atoms with Gasteiger partial charge in [-0.05, 0) is 36.4 Å². The molecule has 0 aliphatic heterocycles. The van der Waals surface area contributed by atoms with Gasteiger partial charge in [0.2, 0.25) is 10.0 Å². The summed E-state index contributed by atoms with van der Waals surface area (Å²) in [5, 5.41) is 2.35. The van der Waals surface area contributed by atoms with Crippen molar-refractivity contribution in [3.63, 3.8) is 0 Å². The number of carbonyl (C=O) groups excluding carboxylic acids is 2. The van der Waals surface area contributed by atoms with E-state index in [0.29, 0.717) is 23.2 Å². The van der Waals surface area contributed by atoms with Gasteiger partial charge in [0, 0.05) is 18.7 Å². The number of alkyl halides is 2. The lowest BCUT2D eigenvalue weighted by atomic mass is 10.2. The topological polar surface area (TPSA) is 111 Å². The average molecular weight is 495 g/mol. The van der Waals surface area contributed by atoms with E-state index in [1.807, 2.05) is 0 Å². The maximum atomic E-state index is 13.4. The van der Waals surface area contributed by atoms with Crippen molar-refractivity contribution >= 4 is 32.9 Å². The monoisotopic (exact) mass is 494 g/mol. The van der Waals surface area contributed by atoms with Crippen LogP contribution in [-0.2, 0) is 26.2 Å². The average Bonchev–Trinajstić information content (AvgIpc) is 3.20. The fourth-order valence-electron chi connectivity index (χ4n) is 3.36. The number of para-hydroxylation sites is 2. The minimum atomic E-state index is -3.66. The van der Waals surface area contributed by atoms with Gasteiger partial charge in [-0.1, -0.05) is 26.0 Å². The van der Waals surface area contributed by atoms with Gasteiger partial charge in [-0.3, -0.25) is 14.2 Å². The van der Waals surface area contributed by atoms with Crippen molar-refractivity contribution in [3.8, 4) is 0 Å². The molecular weight excluding hydrogens is 470 g/mol. The first kappa shape index (κ1) is 25.2. The summed E-state index contributed by atoms with van der Waals surface area (Å²) in [5.74, 6) is -1.59. The molecule has 0 atom stereocenters. The van der Waals surface area contributed by atoms with Gasteiger partial charge in [0.1, 0.15) is 13.2 Å². The van der Waals surface area contributed by atoms with E-state index in [1.165, 1.54) is 34.6 Å². The Kier molecular flexibility index (Phi) is 7.94. The molecule has 9 nitrogen and oxygen atoms in total. The Hall–Kier alpha value is -3.38. The number of imidazole rings is 1. The lowest BCUT2D eigenvalue weighted by Gasteiger charge is -2.18. The lowest BCUT2D eigenvalue weighted by molar-refractivity contribution is -0.144. The van der Waals surface area contributed by atoms with Crippen molar-refractivity contribution in [2.24, 2.45) is 0 Å². The largest absolute Gasteiger partial charge is 0.456 e. The number of hydrogen-bond donors (Lipinski definition) is 1. The van der Waals surface area contributed by atoms with Crippen LogP contribution in [0.25, 0.3) is 11.0 Å². The maximum Gasteiger partial charge on any atom is 0.325 e.